The predicted octanol–water partition coefficient (Wildman–Crippen LogP) is 0.880. The molecule has 2 saturated heterocycles. The summed E-state index contributed by atoms with van der Waals surface area (Å²) in [5.74, 6) is -2.84. The van der Waals surface area contributed by atoms with Crippen LogP contribution in [0.3, 0.4) is 0 Å². The van der Waals surface area contributed by atoms with Crippen LogP contribution in [0.4, 0.5) is 8.78 Å². The molecule has 0 radical (unpaired) electrons. The van der Waals surface area contributed by atoms with Gasteiger partial charge in [0, 0.05) is 57.5 Å². The molecule has 3 fully saturated rings. The summed E-state index contributed by atoms with van der Waals surface area (Å²) in [6.45, 7) is 3.43. The van der Waals surface area contributed by atoms with Gasteiger partial charge in [0.1, 0.15) is 11.6 Å². The highest BCUT2D eigenvalue weighted by Crippen LogP contribution is 2.37. The third kappa shape index (κ3) is 3.58. The van der Waals surface area contributed by atoms with Crippen LogP contribution in [0.25, 0.3) is 0 Å². The molecule has 1 N–H and O–H groups in total. The van der Waals surface area contributed by atoms with Crippen LogP contribution in [-0.4, -0.2) is 77.6 Å². The SMILES string of the molecule is CN1CC2(CN(Cc3cccnc3)C2)OCC1C(=O)NC1CC(F)(F)C1. The summed E-state index contributed by atoms with van der Waals surface area (Å²) in [7, 11) is 1.90. The quantitative estimate of drug-likeness (QED) is 0.857. The lowest BCUT2D eigenvalue weighted by Crippen LogP contribution is -2.72. The van der Waals surface area contributed by atoms with Gasteiger partial charge in [-0.05, 0) is 18.7 Å². The Morgan fingerprint density at radius 3 is 2.77 bits per heavy atom. The van der Waals surface area contributed by atoms with E-state index >= 15 is 0 Å². The van der Waals surface area contributed by atoms with E-state index in [-0.39, 0.29) is 24.3 Å². The van der Waals surface area contributed by atoms with E-state index in [1.165, 1.54) is 5.56 Å². The van der Waals surface area contributed by atoms with Crippen LogP contribution >= 0.6 is 0 Å². The number of ether oxygens (including phenoxy) is 1. The Labute approximate surface area is 151 Å². The molecule has 8 heteroatoms. The van der Waals surface area contributed by atoms with E-state index in [1.807, 2.05) is 24.2 Å². The zero-order valence-corrected chi connectivity index (χ0v) is 14.8. The van der Waals surface area contributed by atoms with E-state index in [4.69, 9.17) is 4.74 Å². The molecule has 1 spiro atoms. The normalized spacial score (nSPS) is 28.3. The van der Waals surface area contributed by atoms with Crippen molar-refractivity contribution in [2.24, 2.45) is 0 Å². The fourth-order valence-corrected chi connectivity index (χ4v) is 4.15. The predicted molar refractivity (Wildman–Crippen MR) is 90.7 cm³/mol. The first-order chi connectivity index (χ1) is 12.3. The first kappa shape index (κ1) is 17.8. The highest BCUT2D eigenvalue weighted by Gasteiger charge is 2.51. The first-order valence-corrected chi connectivity index (χ1v) is 8.98. The molecule has 1 aromatic rings. The maximum absolute atomic E-state index is 12.9. The van der Waals surface area contributed by atoms with E-state index in [0.29, 0.717) is 13.2 Å². The summed E-state index contributed by atoms with van der Waals surface area (Å²) >= 11 is 0. The number of aromatic nitrogens is 1. The van der Waals surface area contributed by atoms with E-state index in [9.17, 15) is 13.6 Å². The van der Waals surface area contributed by atoms with Crippen molar-refractivity contribution in [1.29, 1.82) is 0 Å². The molecule has 3 aliphatic rings. The topological polar surface area (TPSA) is 57.7 Å². The number of rotatable bonds is 4. The molecule has 1 aromatic heterocycles. The Bertz CT molecular complexity index is 658. The third-order valence-corrected chi connectivity index (χ3v) is 5.51. The number of likely N-dealkylation sites (N-methyl/N-ethyl adjacent to an activating group) is 1. The van der Waals surface area contributed by atoms with Crippen molar-refractivity contribution in [3.63, 3.8) is 0 Å². The molecular formula is C18H24F2N4O2. The largest absolute Gasteiger partial charge is 0.369 e. The number of nitrogens with zero attached hydrogens (tertiary/aromatic N) is 3. The Kier molecular flexibility index (Phi) is 4.45. The summed E-state index contributed by atoms with van der Waals surface area (Å²) in [4.78, 5) is 20.8. The van der Waals surface area contributed by atoms with Crippen LogP contribution in [-0.2, 0) is 16.1 Å². The van der Waals surface area contributed by atoms with Crippen molar-refractivity contribution in [3.8, 4) is 0 Å². The minimum absolute atomic E-state index is 0.214. The Morgan fingerprint density at radius 2 is 2.15 bits per heavy atom. The molecule has 0 aromatic carbocycles. The van der Waals surface area contributed by atoms with Gasteiger partial charge in [-0.2, -0.15) is 0 Å². The fraction of sp³-hybridized carbons (Fsp3) is 0.667. The average Bonchev–Trinajstić information content (AvgIpc) is 2.52. The molecule has 4 rings (SSSR count). The summed E-state index contributed by atoms with van der Waals surface area (Å²) < 4.78 is 31.9. The summed E-state index contributed by atoms with van der Waals surface area (Å²) in [6.07, 6.45) is 3.10. The number of pyridine rings is 1. The van der Waals surface area contributed by atoms with Gasteiger partial charge in [0.25, 0.3) is 5.92 Å². The molecule has 1 atom stereocenters. The fourth-order valence-electron chi connectivity index (χ4n) is 4.15. The molecule has 3 heterocycles. The molecule has 1 amide bonds. The summed E-state index contributed by atoms with van der Waals surface area (Å²) in [5.41, 5.74) is 0.929. The van der Waals surface area contributed by atoms with E-state index in [1.54, 1.807) is 6.20 Å². The monoisotopic (exact) mass is 366 g/mol. The Balaban J connectivity index is 1.25. The average molecular weight is 366 g/mol. The maximum atomic E-state index is 12.9. The van der Waals surface area contributed by atoms with Crippen LogP contribution in [0, 0.1) is 0 Å². The Morgan fingerprint density at radius 1 is 1.38 bits per heavy atom. The van der Waals surface area contributed by atoms with Gasteiger partial charge in [-0.3, -0.25) is 19.6 Å². The minimum Gasteiger partial charge on any atom is -0.369 e. The molecule has 2 aliphatic heterocycles. The van der Waals surface area contributed by atoms with Crippen molar-refractivity contribution in [3.05, 3.63) is 30.1 Å². The molecule has 6 nitrogen and oxygen atoms in total. The van der Waals surface area contributed by atoms with Crippen molar-refractivity contribution in [1.82, 2.24) is 20.1 Å². The lowest BCUT2D eigenvalue weighted by atomic mass is 9.87. The minimum atomic E-state index is -2.62. The van der Waals surface area contributed by atoms with Crippen molar-refractivity contribution < 1.29 is 18.3 Å². The number of alkyl halides is 2. The maximum Gasteiger partial charge on any atom is 0.252 e. The lowest BCUT2D eigenvalue weighted by molar-refractivity contribution is -0.199. The van der Waals surface area contributed by atoms with Crippen LogP contribution in [0.5, 0.6) is 0 Å². The zero-order valence-electron chi connectivity index (χ0n) is 14.8. The van der Waals surface area contributed by atoms with Crippen LogP contribution in [0.2, 0.25) is 0 Å². The molecule has 1 saturated carbocycles. The zero-order chi connectivity index (χ0) is 18.4. The second kappa shape index (κ2) is 6.51. The number of likely N-dealkylation sites (tertiary alicyclic amines) is 1. The van der Waals surface area contributed by atoms with E-state index in [0.717, 1.165) is 19.6 Å². The second-order valence-electron chi connectivity index (χ2n) is 7.90. The molecule has 26 heavy (non-hydrogen) atoms. The van der Waals surface area contributed by atoms with Crippen LogP contribution in [0.15, 0.2) is 24.5 Å². The molecule has 1 aliphatic carbocycles. The standard InChI is InChI=1S/C18H24F2N4O2/c1-23-10-17(11-24(12-17)8-13-3-2-4-21-7-13)26-9-15(23)16(25)22-14-5-18(19,20)6-14/h2-4,7,14-15H,5-6,8-12H2,1H3,(H,22,25). The van der Waals surface area contributed by atoms with Gasteiger partial charge in [0.2, 0.25) is 5.91 Å². The van der Waals surface area contributed by atoms with Crippen molar-refractivity contribution in [2.45, 2.75) is 43.0 Å². The number of nitrogens with one attached hydrogen (secondary N) is 1. The van der Waals surface area contributed by atoms with Gasteiger partial charge >= 0.3 is 0 Å². The van der Waals surface area contributed by atoms with Gasteiger partial charge in [0.15, 0.2) is 0 Å². The van der Waals surface area contributed by atoms with Gasteiger partial charge in [0.05, 0.1) is 6.61 Å². The van der Waals surface area contributed by atoms with Gasteiger partial charge < -0.3 is 10.1 Å². The lowest BCUT2D eigenvalue weighted by Gasteiger charge is -2.55. The summed E-state index contributed by atoms with van der Waals surface area (Å²) in [5, 5.41) is 2.72. The third-order valence-electron chi connectivity index (χ3n) is 5.51. The number of amides is 1. The van der Waals surface area contributed by atoms with Crippen LogP contribution in [0.1, 0.15) is 18.4 Å². The number of hydrogen-bond acceptors (Lipinski definition) is 5. The van der Waals surface area contributed by atoms with Crippen molar-refractivity contribution in [2.75, 3.05) is 33.3 Å². The number of halogens is 2. The van der Waals surface area contributed by atoms with Gasteiger partial charge in [-0.25, -0.2) is 8.78 Å². The van der Waals surface area contributed by atoms with Crippen LogP contribution < -0.4 is 5.32 Å². The van der Waals surface area contributed by atoms with E-state index < -0.39 is 18.0 Å². The highest BCUT2D eigenvalue weighted by molar-refractivity contribution is 5.82. The van der Waals surface area contributed by atoms with E-state index in [2.05, 4.69) is 21.3 Å². The smallest absolute Gasteiger partial charge is 0.252 e. The number of carbonyl (C=O) groups excluding carboxylic acids is 1. The molecule has 1 unspecified atom stereocenters. The van der Waals surface area contributed by atoms with Gasteiger partial charge in [-0.1, -0.05) is 6.07 Å². The molecular weight excluding hydrogens is 342 g/mol. The summed E-state index contributed by atoms with van der Waals surface area (Å²) in [6, 6.07) is 3.15. The van der Waals surface area contributed by atoms with Gasteiger partial charge in [-0.15, -0.1) is 0 Å². The Hall–Kier alpha value is -1.64. The number of hydrogen-bond donors (Lipinski definition) is 1. The molecule has 142 valence electrons. The first-order valence-electron chi connectivity index (χ1n) is 8.98. The van der Waals surface area contributed by atoms with Crippen molar-refractivity contribution >= 4 is 5.91 Å². The second-order valence-corrected chi connectivity index (χ2v) is 7.90. The highest BCUT2D eigenvalue weighted by atomic mass is 19.3. The molecule has 0 bridgehead atoms. The number of morpholine rings is 1. The number of carbonyl (C=O) groups is 1.